The van der Waals surface area contributed by atoms with E-state index in [1.807, 2.05) is 36.7 Å². The van der Waals surface area contributed by atoms with Crippen LogP contribution in [0.4, 0.5) is 37.5 Å². The van der Waals surface area contributed by atoms with E-state index in [4.69, 9.17) is 9.72 Å². The molecule has 2 aromatic heterocycles. The smallest absolute Gasteiger partial charge is 0.282 e. The first kappa shape index (κ1) is 20.9. The molecule has 3 aliphatic heterocycles. The quantitative estimate of drug-likeness (QED) is 0.603. The minimum atomic E-state index is -2.58. The molecule has 1 aromatic carbocycles. The Morgan fingerprint density at radius 1 is 1.09 bits per heavy atom. The van der Waals surface area contributed by atoms with E-state index in [0.717, 1.165) is 59.1 Å². The summed E-state index contributed by atoms with van der Waals surface area (Å²) in [4.78, 5) is 17.7. The third kappa shape index (κ3) is 3.82. The van der Waals surface area contributed by atoms with E-state index in [2.05, 4.69) is 32.4 Å². The fraction of sp³-hybridized carbons (Fsp3) is 0.375. The highest BCUT2D eigenvalue weighted by Gasteiger charge is 2.43. The van der Waals surface area contributed by atoms with Crippen molar-refractivity contribution in [1.29, 1.82) is 0 Å². The molecule has 0 saturated carbocycles. The monoisotopic (exact) mass is 465 g/mol. The van der Waals surface area contributed by atoms with Crippen LogP contribution in [0.5, 0.6) is 5.88 Å². The molecule has 176 valence electrons. The predicted octanol–water partition coefficient (Wildman–Crippen LogP) is 3.75. The first-order valence-corrected chi connectivity index (χ1v) is 11.4. The molecular weight excluding hydrogens is 440 g/mol. The number of ether oxygens (including phenoxy) is 1. The van der Waals surface area contributed by atoms with Crippen molar-refractivity contribution in [2.75, 3.05) is 53.2 Å². The first-order valence-electron chi connectivity index (χ1n) is 11.4. The maximum atomic E-state index is 13.1. The standard InChI is InChI=1S/C24H25F2N7O/c1-15-20(11-28-22-21(15)27-7-9-34-22)32-8-6-16-10-29-23(31-19(16)12-32)30-17-2-4-18(5-3-17)33-13-24(25,26)14-33/h2-5,10-11,27H,6-9,12-14H2,1H3,(H,29,30,31). The van der Waals surface area contributed by atoms with Crippen LogP contribution in [0.1, 0.15) is 16.8 Å². The van der Waals surface area contributed by atoms with Gasteiger partial charge in [-0.2, -0.15) is 0 Å². The molecule has 10 heteroatoms. The summed E-state index contributed by atoms with van der Waals surface area (Å²) < 4.78 is 31.9. The number of hydrogen-bond acceptors (Lipinski definition) is 8. The van der Waals surface area contributed by atoms with Crippen molar-refractivity contribution in [1.82, 2.24) is 15.0 Å². The fourth-order valence-corrected chi connectivity index (χ4v) is 4.68. The van der Waals surface area contributed by atoms with Crippen LogP contribution in [0.2, 0.25) is 0 Å². The van der Waals surface area contributed by atoms with Crippen molar-refractivity contribution in [3.8, 4) is 5.88 Å². The van der Waals surface area contributed by atoms with Crippen molar-refractivity contribution in [2.45, 2.75) is 25.8 Å². The van der Waals surface area contributed by atoms with Gasteiger partial charge in [-0.3, -0.25) is 0 Å². The van der Waals surface area contributed by atoms with Crippen LogP contribution in [0.15, 0.2) is 36.7 Å². The number of anilines is 5. The summed E-state index contributed by atoms with van der Waals surface area (Å²) >= 11 is 0. The number of aromatic nitrogens is 3. The van der Waals surface area contributed by atoms with Crippen molar-refractivity contribution in [3.05, 3.63) is 53.5 Å². The maximum Gasteiger partial charge on any atom is 0.282 e. The van der Waals surface area contributed by atoms with Gasteiger partial charge >= 0.3 is 0 Å². The van der Waals surface area contributed by atoms with Gasteiger partial charge in [0.2, 0.25) is 11.8 Å². The number of alkyl halides is 2. The van der Waals surface area contributed by atoms with Crippen LogP contribution in [0.3, 0.4) is 0 Å². The molecule has 3 aromatic rings. The lowest BCUT2D eigenvalue weighted by molar-refractivity contribution is -0.0262. The highest BCUT2D eigenvalue weighted by Crippen LogP contribution is 2.36. The zero-order valence-corrected chi connectivity index (χ0v) is 18.8. The van der Waals surface area contributed by atoms with Gasteiger partial charge < -0.3 is 25.2 Å². The Labute approximate surface area is 196 Å². The van der Waals surface area contributed by atoms with Crippen molar-refractivity contribution < 1.29 is 13.5 Å². The van der Waals surface area contributed by atoms with Crippen LogP contribution in [0, 0.1) is 6.92 Å². The molecule has 1 fully saturated rings. The second-order valence-electron chi connectivity index (χ2n) is 8.94. The van der Waals surface area contributed by atoms with Crippen molar-refractivity contribution >= 4 is 28.7 Å². The topological polar surface area (TPSA) is 78.4 Å². The van der Waals surface area contributed by atoms with E-state index in [9.17, 15) is 8.78 Å². The van der Waals surface area contributed by atoms with Gasteiger partial charge in [0, 0.05) is 36.2 Å². The van der Waals surface area contributed by atoms with Gasteiger partial charge in [-0.25, -0.2) is 23.7 Å². The van der Waals surface area contributed by atoms with E-state index >= 15 is 0 Å². The average molecular weight is 466 g/mol. The number of pyridine rings is 1. The van der Waals surface area contributed by atoms with Crippen LogP contribution in [-0.4, -0.2) is 53.7 Å². The van der Waals surface area contributed by atoms with Crippen LogP contribution in [0.25, 0.3) is 0 Å². The van der Waals surface area contributed by atoms with Gasteiger partial charge in [0.25, 0.3) is 5.92 Å². The average Bonchev–Trinajstić information content (AvgIpc) is 2.83. The molecule has 0 unspecified atom stereocenters. The Kier molecular flexibility index (Phi) is 4.89. The van der Waals surface area contributed by atoms with Gasteiger partial charge in [0.15, 0.2) is 0 Å². The molecular formula is C24H25F2N7O. The molecule has 2 N–H and O–H groups in total. The number of benzene rings is 1. The number of fused-ring (bicyclic) bond motifs is 2. The molecule has 6 rings (SSSR count). The summed E-state index contributed by atoms with van der Waals surface area (Å²) in [5.41, 5.74) is 6.87. The summed E-state index contributed by atoms with van der Waals surface area (Å²) in [6.45, 7) is 4.55. The van der Waals surface area contributed by atoms with Crippen LogP contribution < -0.4 is 25.2 Å². The van der Waals surface area contributed by atoms with Crippen molar-refractivity contribution in [2.24, 2.45) is 0 Å². The number of nitrogens with zero attached hydrogens (tertiary/aromatic N) is 5. The minimum Gasteiger partial charge on any atom is -0.474 e. The zero-order valence-electron chi connectivity index (χ0n) is 18.8. The van der Waals surface area contributed by atoms with Crippen molar-refractivity contribution in [3.63, 3.8) is 0 Å². The largest absolute Gasteiger partial charge is 0.474 e. The summed E-state index contributed by atoms with van der Waals surface area (Å²) in [5, 5.41) is 6.63. The fourth-order valence-electron chi connectivity index (χ4n) is 4.68. The highest BCUT2D eigenvalue weighted by molar-refractivity contribution is 5.70. The van der Waals surface area contributed by atoms with Gasteiger partial charge in [-0.1, -0.05) is 0 Å². The predicted molar refractivity (Wildman–Crippen MR) is 127 cm³/mol. The summed E-state index contributed by atoms with van der Waals surface area (Å²) in [5.74, 6) is -1.41. The van der Waals surface area contributed by atoms with E-state index in [0.29, 0.717) is 25.0 Å². The summed E-state index contributed by atoms with van der Waals surface area (Å²) in [6.07, 6.45) is 4.61. The SMILES string of the molecule is Cc1c(N2CCc3cnc(Nc4ccc(N5CC(F)(F)C5)cc4)nc3C2)cnc2c1NCCO2. The molecule has 8 nitrogen and oxygen atoms in total. The lowest BCUT2D eigenvalue weighted by Gasteiger charge is -2.40. The Morgan fingerprint density at radius 3 is 2.71 bits per heavy atom. The molecule has 0 bridgehead atoms. The lowest BCUT2D eigenvalue weighted by Crippen LogP contribution is -2.56. The summed E-state index contributed by atoms with van der Waals surface area (Å²) in [7, 11) is 0. The van der Waals surface area contributed by atoms with Gasteiger partial charge in [0.05, 0.1) is 37.2 Å². The minimum absolute atomic E-state index is 0.230. The Morgan fingerprint density at radius 2 is 1.91 bits per heavy atom. The van der Waals surface area contributed by atoms with Crippen LogP contribution >= 0.6 is 0 Å². The second-order valence-corrected chi connectivity index (χ2v) is 8.94. The zero-order chi connectivity index (χ0) is 23.3. The molecule has 0 spiro atoms. The third-order valence-electron chi connectivity index (χ3n) is 6.54. The number of nitrogens with one attached hydrogen (secondary N) is 2. The number of halogens is 2. The molecule has 0 amide bonds. The molecule has 0 aliphatic carbocycles. The number of hydrogen-bond donors (Lipinski definition) is 2. The number of rotatable bonds is 4. The molecule has 34 heavy (non-hydrogen) atoms. The Hall–Kier alpha value is -3.69. The van der Waals surface area contributed by atoms with E-state index in [1.165, 1.54) is 0 Å². The molecule has 5 heterocycles. The van der Waals surface area contributed by atoms with Gasteiger partial charge in [0.1, 0.15) is 12.3 Å². The van der Waals surface area contributed by atoms with Crippen LogP contribution in [-0.2, 0) is 13.0 Å². The second kappa shape index (κ2) is 7.96. The molecule has 0 radical (unpaired) electrons. The lowest BCUT2D eigenvalue weighted by atomic mass is 10.0. The highest BCUT2D eigenvalue weighted by atomic mass is 19.3. The summed E-state index contributed by atoms with van der Waals surface area (Å²) in [6, 6.07) is 7.39. The maximum absolute atomic E-state index is 13.1. The third-order valence-corrected chi connectivity index (χ3v) is 6.54. The molecule has 3 aliphatic rings. The molecule has 0 atom stereocenters. The van der Waals surface area contributed by atoms with Gasteiger partial charge in [-0.15, -0.1) is 0 Å². The van der Waals surface area contributed by atoms with E-state index < -0.39 is 5.92 Å². The molecule has 1 saturated heterocycles. The van der Waals surface area contributed by atoms with Gasteiger partial charge in [-0.05, 0) is 43.2 Å². The Bertz CT molecular complexity index is 1230. The Balaban J connectivity index is 1.17. The van der Waals surface area contributed by atoms with E-state index in [-0.39, 0.29) is 13.1 Å². The van der Waals surface area contributed by atoms with E-state index in [1.54, 1.807) is 4.90 Å². The normalized spacial score (nSPS) is 18.2. The first-order chi connectivity index (χ1) is 16.4.